The van der Waals surface area contributed by atoms with Crippen molar-refractivity contribution in [2.75, 3.05) is 23.4 Å². The van der Waals surface area contributed by atoms with Crippen LogP contribution in [0, 0.1) is 16.0 Å². The molecule has 6 rings (SSSR count). The number of benzene rings is 3. The minimum absolute atomic E-state index is 0.0357. The summed E-state index contributed by atoms with van der Waals surface area (Å²) in [4.78, 5) is 67.6. The smallest absolute Gasteiger partial charge is 0.269 e. The van der Waals surface area contributed by atoms with E-state index in [1.165, 1.54) is 40.1 Å². The second-order valence-corrected chi connectivity index (χ2v) is 19.0. The van der Waals surface area contributed by atoms with Crippen LogP contribution in [-0.4, -0.2) is 116 Å². The average molecular weight is 795 g/mol. The van der Waals surface area contributed by atoms with E-state index in [-0.39, 0.29) is 55.5 Å². The Labute approximate surface area is 323 Å². The lowest BCUT2D eigenvalue weighted by atomic mass is 9.82. The normalized spacial score (nSPS) is 28.7. The predicted octanol–water partition coefficient (Wildman–Crippen LogP) is 1.09. The van der Waals surface area contributed by atoms with Gasteiger partial charge in [-0.15, -0.1) is 0 Å². The van der Waals surface area contributed by atoms with E-state index >= 15 is 0 Å². The standard InChI is InChI=1S/C38H46N4O13Si/c1-21-34(56(2,3)53)28(18-29(44)40(15-16-43)19-22-7-5-4-6-8-22)55-38(21)26-17-25(42(51)52)13-14-27(26)41(37(38)50)20-23-9-11-24(12-10-23)39-35(48)33-31(46)30(45)32(47)36(49)54-33/h4-14,17,21,28,30-34,36,43,45-47,49,53H,15-16,18-20H2,1-3H3,(H,39,48)/t21-,28+,30+,31+,32-,33+,34-,36-,38+/m1/s1. The molecule has 18 heteroatoms. The maximum atomic E-state index is 14.8. The number of nitro groups is 1. The van der Waals surface area contributed by atoms with Gasteiger partial charge in [-0.05, 0) is 42.4 Å². The summed E-state index contributed by atoms with van der Waals surface area (Å²) in [5, 5.41) is 64.1. The Morgan fingerprint density at radius 3 is 2.29 bits per heavy atom. The molecule has 3 aromatic rings. The van der Waals surface area contributed by atoms with Gasteiger partial charge < -0.3 is 54.9 Å². The van der Waals surface area contributed by atoms with Crippen molar-refractivity contribution in [3.05, 3.63) is 99.6 Å². The molecule has 7 N–H and O–H groups in total. The molecule has 3 aliphatic rings. The third-order valence-electron chi connectivity index (χ3n) is 10.9. The number of carbonyl (C=O) groups excluding carboxylic acids is 3. The quantitative estimate of drug-likeness (QED) is 0.0772. The van der Waals surface area contributed by atoms with Gasteiger partial charge in [0, 0.05) is 47.9 Å². The lowest BCUT2D eigenvalue weighted by Gasteiger charge is -2.37. The molecule has 1 spiro atoms. The van der Waals surface area contributed by atoms with Crippen LogP contribution in [0.25, 0.3) is 0 Å². The molecule has 3 heterocycles. The summed E-state index contributed by atoms with van der Waals surface area (Å²) in [6.45, 7) is 5.09. The van der Waals surface area contributed by atoms with Gasteiger partial charge in [0.2, 0.25) is 5.91 Å². The molecule has 0 aromatic heterocycles. The largest absolute Gasteiger partial charge is 0.432 e. The number of fused-ring (bicyclic) bond motifs is 2. The first-order valence-corrected chi connectivity index (χ1v) is 21.2. The van der Waals surface area contributed by atoms with Crippen molar-refractivity contribution in [1.29, 1.82) is 0 Å². The van der Waals surface area contributed by atoms with E-state index in [1.807, 2.05) is 30.3 Å². The van der Waals surface area contributed by atoms with Crippen LogP contribution in [0.15, 0.2) is 72.8 Å². The molecule has 0 bridgehead atoms. The van der Waals surface area contributed by atoms with Crippen LogP contribution < -0.4 is 10.2 Å². The maximum absolute atomic E-state index is 14.8. The Hall–Kier alpha value is -4.63. The van der Waals surface area contributed by atoms with E-state index in [0.29, 0.717) is 11.3 Å². The van der Waals surface area contributed by atoms with Crippen LogP contribution in [0.2, 0.25) is 18.6 Å². The number of nitrogens with one attached hydrogen (secondary N) is 1. The van der Waals surface area contributed by atoms with Gasteiger partial charge >= 0.3 is 0 Å². The number of rotatable bonds is 12. The summed E-state index contributed by atoms with van der Waals surface area (Å²) in [6, 6.07) is 19.5. The SMILES string of the molecule is C[C@@H]1[C@@H]([Si](C)(C)O)[C@H](CC(=O)N(CCO)Cc2ccccc2)O[C@@]12C(=O)N(Cc1ccc(NC(=O)[C@H]3O[C@@H](O)[C@H](O)[C@@H](O)[C@@H]3O)cc1)c1ccc([N+](=O)[O-])cc12. The summed E-state index contributed by atoms with van der Waals surface area (Å²) in [5.74, 6) is -2.51. The molecular formula is C38H46N4O13Si. The van der Waals surface area contributed by atoms with Gasteiger partial charge in [-0.2, -0.15) is 0 Å². The molecule has 56 heavy (non-hydrogen) atoms. The van der Waals surface area contributed by atoms with Gasteiger partial charge in [-0.25, -0.2) is 0 Å². The minimum Gasteiger partial charge on any atom is -0.432 e. The highest BCUT2D eigenvalue weighted by Crippen LogP contribution is 2.60. The number of hydrogen-bond acceptors (Lipinski definition) is 13. The second-order valence-electron chi connectivity index (χ2n) is 15.0. The fourth-order valence-electron chi connectivity index (χ4n) is 8.22. The molecule has 300 valence electrons. The molecule has 17 nitrogen and oxygen atoms in total. The number of nitro benzene ring substituents is 1. The Morgan fingerprint density at radius 2 is 1.66 bits per heavy atom. The summed E-state index contributed by atoms with van der Waals surface area (Å²) < 4.78 is 11.7. The summed E-state index contributed by atoms with van der Waals surface area (Å²) in [6.07, 6.45) is -10.2. The maximum Gasteiger partial charge on any atom is 0.269 e. The van der Waals surface area contributed by atoms with Gasteiger partial charge in [0.15, 0.2) is 26.3 Å². The van der Waals surface area contributed by atoms with Crippen LogP contribution in [0.1, 0.15) is 30.0 Å². The first-order valence-electron chi connectivity index (χ1n) is 18.2. The van der Waals surface area contributed by atoms with E-state index in [9.17, 15) is 54.8 Å². The zero-order valence-electron chi connectivity index (χ0n) is 31.0. The van der Waals surface area contributed by atoms with Crippen LogP contribution >= 0.6 is 0 Å². The lowest BCUT2D eigenvalue weighted by Crippen LogP contribution is -2.60. The van der Waals surface area contributed by atoms with Crippen molar-refractivity contribution in [2.45, 2.75) is 87.5 Å². The summed E-state index contributed by atoms with van der Waals surface area (Å²) >= 11 is 0. The van der Waals surface area contributed by atoms with Crippen LogP contribution in [-0.2, 0) is 42.5 Å². The highest BCUT2D eigenvalue weighted by atomic mass is 28.4. The van der Waals surface area contributed by atoms with E-state index in [1.54, 1.807) is 32.2 Å². The summed E-state index contributed by atoms with van der Waals surface area (Å²) in [5.41, 5.74) is -0.472. The number of carbonyl (C=O) groups is 3. The lowest BCUT2D eigenvalue weighted by molar-refractivity contribution is -0.385. The van der Waals surface area contributed by atoms with Crippen molar-refractivity contribution in [2.24, 2.45) is 5.92 Å². The van der Waals surface area contributed by atoms with Crippen molar-refractivity contribution in [1.82, 2.24) is 4.90 Å². The Morgan fingerprint density at radius 1 is 0.982 bits per heavy atom. The Bertz CT molecular complexity index is 1950. The average Bonchev–Trinajstić information content (AvgIpc) is 3.58. The third-order valence-corrected chi connectivity index (χ3v) is 13.4. The molecule has 0 saturated carbocycles. The van der Waals surface area contributed by atoms with E-state index in [4.69, 9.17) is 9.47 Å². The van der Waals surface area contributed by atoms with Crippen molar-refractivity contribution in [3.63, 3.8) is 0 Å². The number of hydrogen-bond donors (Lipinski definition) is 7. The Balaban J connectivity index is 1.27. The molecule has 3 amide bonds. The number of ether oxygens (including phenoxy) is 2. The zero-order valence-corrected chi connectivity index (χ0v) is 32.0. The molecular weight excluding hydrogens is 749 g/mol. The Kier molecular flexibility index (Phi) is 11.8. The van der Waals surface area contributed by atoms with Crippen LogP contribution in [0.4, 0.5) is 17.1 Å². The van der Waals surface area contributed by atoms with Crippen molar-refractivity contribution >= 4 is 43.1 Å². The minimum atomic E-state index is -3.22. The highest BCUT2D eigenvalue weighted by Gasteiger charge is 2.66. The number of non-ortho nitro benzene ring substituents is 1. The number of amides is 3. The monoisotopic (exact) mass is 794 g/mol. The number of aliphatic hydroxyl groups is 5. The first kappa shape index (κ1) is 41.0. The predicted molar refractivity (Wildman–Crippen MR) is 201 cm³/mol. The van der Waals surface area contributed by atoms with E-state index in [2.05, 4.69) is 5.32 Å². The van der Waals surface area contributed by atoms with Gasteiger partial charge in [0.05, 0.1) is 36.3 Å². The topological polar surface area (TPSA) is 253 Å². The zero-order chi connectivity index (χ0) is 40.7. The van der Waals surface area contributed by atoms with Crippen molar-refractivity contribution < 1.29 is 59.1 Å². The molecule has 0 aliphatic carbocycles. The van der Waals surface area contributed by atoms with E-state index in [0.717, 1.165) is 5.56 Å². The van der Waals surface area contributed by atoms with E-state index < -0.39 is 78.9 Å². The van der Waals surface area contributed by atoms with Gasteiger partial charge in [-0.1, -0.05) is 49.4 Å². The molecule has 9 atom stereocenters. The number of anilines is 2. The van der Waals surface area contributed by atoms with Gasteiger partial charge in [0.25, 0.3) is 17.5 Å². The number of nitrogens with zero attached hydrogens (tertiary/aromatic N) is 3. The highest BCUT2D eigenvalue weighted by molar-refractivity contribution is 6.71. The second kappa shape index (κ2) is 16.1. The summed E-state index contributed by atoms with van der Waals surface area (Å²) in [7, 11) is -3.22. The molecule has 0 radical (unpaired) electrons. The molecule has 3 aliphatic heterocycles. The number of aliphatic hydroxyl groups excluding tert-OH is 5. The van der Waals surface area contributed by atoms with Gasteiger partial charge in [-0.3, -0.25) is 24.5 Å². The van der Waals surface area contributed by atoms with Gasteiger partial charge in [0.1, 0.15) is 18.3 Å². The van der Waals surface area contributed by atoms with Crippen LogP contribution in [0.5, 0.6) is 0 Å². The van der Waals surface area contributed by atoms with Crippen molar-refractivity contribution in [3.8, 4) is 0 Å². The first-order chi connectivity index (χ1) is 26.5. The molecule has 0 unspecified atom stereocenters. The van der Waals surface area contributed by atoms with Crippen LogP contribution in [0.3, 0.4) is 0 Å². The molecule has 3 aromatic carbocycles. The fraction of sp³-hybridized carbons (Fsp3) is 0.447. The third kappa shape index (κ3) is 7.71. The molecule has 2 saturated heterocycles. The molecule has 2 fully saturated rings. The fourth-order valence-corrected chi connectivity index (χ4v) is 10.8.